The molecule has 0 aliphatic heterocycles. The molecule has 27 heavy (non-hydrogen) atoms. The highest BCUT2D eigenvalue weighted by Gasteiger charge is 2.08. The van der Waals surface area contributed by atoms with Crippen molar-refractivity contribution in [3.05, 3.63) is 102 Å². The summed E-state index contributed by atoms with van der Waals surface area (Å²) in [6, 6.07) is 24.6. The van der Waals surface area contributed by atoms with Crippen LogP contribution in [0.1, 0.15) is 16.7 Å². The monoisotopic (exact) mass is 351 g/mol. The second-order valence-electron chi connectivity index (χ2n) is 6.93. The maximum Gasteiger partial charge on any atom is 0.141 e. The van der Waals surface area contributed by atoms with E-state index in [2.05, 4.69) is 54.4 Å². The Kier molecular flexibility index (Phi) is 4.80. The summed E-state index contributed by atoms with van der Waals surface area (Å²) >= 11 is 0. The van der Waals surface area contributed by atoms with E-state index in [-0.39, 0.29) is 5.78 Å². The minimum atomic E-state index is 0.237. The molecule has 0 amide bonds. The van der Waals surface area contributed by atoms with Crippen molar-refractivity contribution in [2.24, 2.45) is 0 Å². The molecule has 0 spiro atoms. The number of benzene rings is 3. The van der Waals surface area contributed by atoms with Crippen LogP contribution >= 0.6 is 0 Å². The fourth-order valence-corrected chi connectivity index (χ4v) is 3.50. The van der Waals surface area contributed by atoms with Gasteiger partial charge >= 0.3 is 0 Å². The average Bonchev–Trinajstić information content (AvgIpc) is 2.70. The number of carbonyl (C=O) groups excluding carboxylic acids is 1. The van der Waals surface area contributed by atoms with E-state index in [1.165, 1.54) is 21.9 Å². The summed E-state index contributed by atoms with van der Waals surface area (Å²) in [5, 5.41) is 2.38. The fourth-order valence-electron chi connectivity index (χ4n) is 3.50. The molecule has 0 saturated heterocycles. The summed E-state index contributed by atoms with van der Waals surface area (Å²) in [6.07, 6.45) is 4.71. The van der Waals surface area contributed by atoms with Gasteiger partial charge in [-0.2, -0.15) is 0 Å². The molecule has 0 atom stereocenters. The predicted octanol–water partition coefficient (Wildman–Crippen LogP) is 5.56. The van der Waals surface area contributed by atoms with E-state index in [1.54, 1.807) is 0 Å². The largest absolute Gasteiger partial charge is 0.299 e. The van der Waals surface area contributed by atoms with Crippen LogP contribution < -0.4 is 0 Å². The lowest BCUT2D eigenvalue weighted by Crippen LogP contribution is -2.06. The van der Waals surface area contributed by atoms with Gasteiger partial charge in [-0.15, -0.1) is 0 Å². The van der Waals surface area contributed by atoms with Gasteiger partial charge in [0, 0.05) is 30.6 Å². The summed E-state index contributed by atoms with van der Waals surface area (Å²) in [6.45, 7) is 2.11. The van der Waals surface area contributed by atoms with Crippen LogP contribution in [0, 0.1) is 6.92 Å². The van der Waals surface area contributed by atoms with Crippen LogP contribution in [0.25, 0.3) is 21.9 Å². The van der Waals surface area contributed by atoms with Crippen LogP contribution in [0.5, 0.6) is 0 Å². The average molecular weight is 351 g/mol. The van der Waals surface area contributed by atoms with Gasteiger partial charge in [0.1, 0.15) is 5.78 Å². The molecule has 4 aromatic rings. The van der Waals surface area contributed by atoms with E-state index in [0.29, 0.717) is 12.8 Å². The number of hydrogen-bond donors (Lipinski definition) is 0. The zero-order valence-corrected chi connectivity index (χ0v) is 15.4. The molecule has 0 aliphatic rings. The maximum atomic E-state index is 12.3. The zero-order chi connectivity index (χ0) is 18.6. The Morgan fingerprint density at radius 3 is 2.22 bits per heavy atom. The van der Waals surface area contributed by atoms with E-state index in [4.69, 9.17) is 0 Å². The normalized spacial score (nSPS) is 10.9. The molecule has 0 bridgehead atoms. The highest BCUT2D eigenvalue weighted by atomic mass is 16.1. The number of fused-ring (bicyclic) bond motifs is 1. The molecular weight excluding hydrogens is 330 g/mol. The number of nitrogens with zero attached hydrogens (tertiary/aromatic N) is 1. The topological polar surface area (TPSA) is 30.0 Å². The second kappa shape index (κ2) is 7.55. The standard InChI is InChI=1S/C25H21NO/c1-18-7-12-23(24-13-14-26-17-25(18)24)21-10-8-20(9-11-21)16-22(27)15-19-5-3-2-4-6-19/h2-14,17H,15-16H2,1H3. The van der Waals surface area contributed by atoms with Crippen molar-refractivity contribution in [1.29, 1.82) is 0 Å². The van der Waals surface area contributed by atoms with Crippen molar-refractivity contribution in [2.75, 3.05) is 0 Å². The van der Waals surface area contributed by atoms with Gasteiger partial charge in [-0.1, -0.05) is 66.7 Å². The van der Waals surface area contributed by atoms with Gasteiger partial charge in [-0.05, 0) is 46.2 Å². The number of pyridine rings is 1. The van der Waals surface area contributed by atoms with Crippen LogP contribution in [-0.2, 0) is 17.6 Å². The van der Waals surface area contributed by atoms with Gasteiger partial charge in [-0.3, -0.25) is 9.78 Å². The number of aromatic nitrogens is 1. The van der Waals surface area contributed by atoms with Crippen LogP contribution in [0.2, 0.25) is 0 Å². The Morgan fingerprint density at radius 1 is 0.778 bits per heavy atom. The molecule has 132 valence electrons. The number of aryl methyl sites for hydroxylation is 1. The number of Topliss-reactive ketones (excluding diaryl/α,β-unsaturated/α-hetero) is 1. The Morgan fingerprint density at radius 2 is 1.48 bits per heavy atom. The molecule has 1 aromatic heterocycles. The smallest absolute Gasteiger partial charge is 0.141 e. The summed E-state index contributed by atoms with van der Waals surface area (Å²) in [5.74, 6) is 0.237. The predicted molar refractivity (Wildman–Crippen MR) is 111 cm³/mol. The Balaban J connectivity index is 1.55. The molecular formula is C25H21NO. The molecule has 0 unspecified atom stereocenters. The highest BCUT2D eigenvalue weighted by Crippen LogP contribution is 2.30. The first-order valence-electron chi connectivity index (χ1n) is 9.19. The Bertz CT molecular complexity index is 1080. The number of hydrogen-bond acceptors (Lipinski definition) is 2. The van der Waals surface area contributed by atoms with Gasteiger partial charge in [0.2, 0.25) is 0 Å². The lowest BCUT2D eigenvalue weighted by Gasteiger charge is -2.10. The third-order valence-electron chi connectivity index (χ3n) is 4.95. The van der Waals surface area contributed by atoms with E-state index in [9.17, 15) is 4.79 Å². The van der Waals surface area contributed by atoms with Gasteiger partial charge in [0.05, 0.1) is 0 Å². The number of carbonyl (C=O) groups is 1. The lowest BCUT2D eigenvalue weighted by molar-refractivity contribution is -0.117. The SMILES string of the molecule is Cc1ccc(-c2ccc(CC(=O)Cc3ccccc3)cc2)c2ccncc12. The molecule has 0 radical (unpaired) electrons. The molecule has 1 heterocycles. The van der Waals surface area contributed by atoms with E-state index in [1.807, 2.05) is 42.7 Å². The van der Waals surface area contributed by atoms with Crippen LogP contribution in [0.4, 0.5) is 0 Å². The first kappa shape index (κ1) is 17.2. The Labute approximate surface area is 159 Å². The molecule has 0 aliphatic carbocycles. The van der Waals surface area contributed by atoms with Crippen LogP contribution in [-0.4, -0.2) is 10.8 Å². The van der Waals surface area contributed by atoms with Gasteiger partial charge in [0.25, 0.3) is 0 Å². The van der Waals surface area contributed by atoms with Crippen molar-refractivity contribution in [3.63, 3.8) is 0 Å². The molecule has 0 saturated carbocycles. The molecule has 2 heteroatoms. The van der Waals surface area contributed by atoms with Crippen molar-refractivity contribution < 1.29 is 4.79 Å². The van der Waals surface area contributed by atoms with Crippen molar-refractivity contribution >= 4 is 16.6 Å². The quantitative estimate of drug-likeness (QED) is 0.471. The molecule has 3 aromatic carbocycles. The van der Waals surface area contributed by atoms with Crippen LogP contribution in [0.15, 0.2) is 85.2 Å². The minimum Gasteiger partial charge on any atom is -0.299 e. The third-order valence-corrected chi connectivity index (χ3v) is 4.95. The molecule has 0 N–H and O–H groups in total. The molecule has 2 nitrogen and oxygen atoms in total. The summed E-state index contributed by atoms with van der Waals surface area (Å²) in [5.41, 5.74) is 5.70. The molecule has 0 fully saturated rings. The van der Waals surface area contributed by atoms with E-state index >= 15 is 0 Å². The van der Waals surface area contributed by atoms with Crippen molar-refractivity contribution in [2.45, 2.75) is 19.8 Å². The summed E-state index contributed by atoms with van der Waals surface area (Å²) in [7, 11) is 0. The fraction of sp³-hybridized carbons (Fsp3) is 0.120. The van der Waals surface area contributed by atoms with Gasteiger partial charge < -0.3 is 0 Å². The first-order valence-corrected chi connectivity index (χ1v) is 9.19. The minimum absolute atomic E-state index is 0.237. The highest BCUT2D eigenvalue weighted by molar-refractivity contribution is 5.98. The first-order chi connectivity index (χ1) is 13.2. The number of ketones is 1. The van der Waals surface area contributed by atoms with Crippen LogP contribution in [0.3, 0.4) is 0 Å². The lowest BCUT2D eigenvalue weighted by atomic mass is 9.95. The second-order valence-corrected chi connectivity index (χ2v) is 6.93. The Hall–Kier alpha value is -3.26. The maximum absolute atomic E-state index is 12.3. The molecule has 4 rings (SSSR count). The number of rotatable bonds is 5. The van der Waals surface area contributed by atoms with E-state index < -0.39 is 0 Å². The van der Waals surface area contributed by atoms with Crippen molar-refractivity contribution in [3.8, 4) is 11.1 Å². The summed E-state index contributed by atoms with van der Waals surface area (Å²) < 4.78 is 0. The zero-order valence-electron chi connectivity index (χ0n) is 15.4. The van der Waals surface area contributed by atoms with E-state index in [0.717, 1.165) is 16.7 Å². The van der Waals surface area contributed by atoms with Crippen molar-refractivity contribution in [1.82, 2.24) is 4.98 Å². The third kappa shape index (κ3) is 3.80. The van der Waals surface area contributed by atoms with Gasteiger partial charge in [0.15, 0.2) is 0 Å². The summed E-state index contributed by atoms with van der Waals surface area (Å²) in [4.78, 5) is 16.6. The van der Waals surface area contributed by atoms with Gasteiger partial charge in [-0.25, -0.2) is 0 Å².